The van der Waals surface area contributed by atoms with Gasteiger partial charge in [0.2, 0.25) is 0 Å². The lowest BCUT2D eigenvalue weighted by atomic mass is 10.3. The fourth-order valence-electron chi connectivity index (χ4n) is 0.993. The van der Waals surface area contributed by atoms with E-state index in [-0.39, 0.29) is 42.3 Å². The molecule has 0 fully saturated rings. The molecule has 0 aromatic carbocycles. The van der Waals surface area contributed by atoms with Crippen LogP contribution in [0.2, 0.25) is 0 Å². The number of rotatable bonds is 5. The second-order valence-electron chi connectivity index (χ2n) is 5.15. The number of nitrogens with one attached hydrogen (secondary N) is 1. The van der Waals surface area contributed by atoms with E-state index >= 15 is 0 Å². The second-order valence-corrected chi connectivity index (χ2v) is 8.01. The smallest absolute Gasteiger partial charge is 0.188 e. The van der Waals surface area contributed by atoms with Crippen molar-refractivity contribution in [1.82, 2.24) is 5.32 Å². The van der Waals surface area contributed by atoms with Crippen molar-refractivity contribution >= 4 is 39.8 Å². The van der Waals surface area contributed by atoms with Crippen LogP contribution < -0.4 is 11.1 Å². The summed E-state index contributed by atoms with van der Waals surface area (Å²) in [4.78, 5) is 4.01. The summed E-state index contributed by atoms with van der Waals surface area (Å²) in [6.07, 6.45) is 0.941. The zero-order valence-electron chi connectivity index (χ0n) is 11.9. The summed E-state index contributed by atoms with van der Waals surface area (Å²) in [5, 5.41) is 2.99. The van der Waals surface area contributed by atoms with Gasteiger partial charge in [0.1, 0.15) is 0 Å². The van der Waals surface area contributed by atoms with Crippen LogP contribution in [-0.2, 0) is 9.84 Å². The van der Waals surface area contributed by atoms with Crippen LogP contribution in [0.3, 0.4) is 0 Å². The molecule has 0 spiro atoms. The van der Waals surface area contributed by atoms with Gasteiger partial charge >= 0.3 is 0 Å². The van der Waals surface area contributed by atoms with Crippen LogP contribution in [0.4, 0.5) is 0 Å². The molecule has 0 heterocycles. The molecule has 0 bridgehead atoms. The quantitative estimate of drug-likeness (QED) is 0.423. The Bertz CT molecular complexity index is 361. The molecule has 0 radical (unpaired) electrons. The number of nitrogens with zero attached hydrogens (tertiary/aromatic N) is 1. The fourth-order valence-corrected chi connectivity index (χ4v) is 1.94. The molecule has 7 heteroatoms. The minimum absolute atomic E-state index is 0. The zero-order chi connectivity index (χ0) is 13.7. The fraction of sp³-hybridized carbons (Fsp3) is 0.909. The molecule has 0 saturated carbocycles. The summed E-state index contributed by atoms with van der Waals surface area (Å²) in [7, 11) is -3.12. The monoisotopic (exact) mass is 391 g/mol. The zero-order valence-corrected chi connectivity index (χ0v) is 15.0. The molecule has 0 aliphatic carbocycles. The van der Waals surface area contributed by atoms with Crippen LogP contribution in [0.1, 0.15) is 41.0 Å². The van der Waals surface area contributed by atoms with Gasteiger partial charge in [0.05, 0.1) is 17.0 Å². The van der Waals surface area contributed by atoms with E-state index in [1.54, 1.807) is 20.8 Å². The summed E-state index contributed by atoms with van der Waals surface area (Å²) in [6.45, 7) is 9.30. The minimum Gasteiger partial charge on any atom is -0.370 e. The molecular weight excluding hydrogens is 365 g/mol. The van der Waals surface area contributed by atoms with Crippen molar-refractivity contribution in [2.45, 2.75) is 51.8 Å². The van der Waals surface area contributed by atoms with Gasteiger partial charge in [0, 0.05) is 6.04 Å². The van der Waals surface area contributed by atoms with Gasteiger partial charge in [-0.2, -0.15) is 0 Å². The Morgan fingerprint density at radius 3 is 2.28 bits per heavy atom. The van der Waals surface area contributed by atoms with Gasteiger partial charge < -0.3 is 11.1 Å². The number of hydrogen-bond donors (Lipinski definition) is 2. The Kier molecular flexibility index (Phi) is 9.22. The van der Waals surface area contributed by atoms with Gasteiger partial charge in [0.25, 0.3) is 0 Å². The number of nitrogens with two attached hydrogens (primary N) is 1. The van der Waals surface area contributed by atoms with Crippen molar-refractivity contribution in [3.05, 3.63) is 0 Å². The van der Waals surface area contributed by atoms with E-state index in [1.807, 2.05) is 13.8 Å². The van der Waals surface area contributed by atoms with E-state index in [0.717, 1.165) is 6.42 Å². The van der Waals surface area contributed by atoms with Crippen molar-refractivity contribution in [1.29, 1.82) is 0 Å². The highest BCUT2D eigenvalue weighted by Gasteiger charge is 2.28. The normalized spacial score (nSPS) is 14.8. The summed E-state index contributed by atoms with van der Waals surface area (Å²) >= 11 is 0. The van der Waals surface area contributed by atoms with Crippen molar-refractivity contribution in [2.75, 3.05) is 12.3 Å². The van der Waals surface area contributed by atoms with Gasteiger partial charge in [-0.05, 0) is 34.1 Å². The highest BCUT2D eigenvalue weighted by molar-refractivity contribution is 14.0. The van der Waals surface area contributed by atoms with Gasteiger partial charge in [-0.25, -0.2) is 8.42 Å². The van der Waals surface area contributed by atoms with E-state index in [0.29, 0.717) is 5.96 Å². The molecule has 0 saturated heterocycles. The molecule has 3 N–H and O–H groups in total. The Balaban J connectivity index is 0. The molecule has 1 unspecified atom stereocenters. The average molecular weight is 391 g/mol. The maximum Gasteiger partial charge on any atom is 0.188 e. The summed E-state index contributed by atoms with van der Waals surface area (Å²) < 4.78 is 22.8. The molecule has 0 aliphatic heterocycles. The van der Waals surface area contributed by atoms with E-state index in [1.165, 1.54) is 0 Å². The number of halogens is 1. The van der Waals surface area contributed by atoms with Crippen molar-refractivity contribution in [3.63, 3.8) is 0 Å². The number of guanidine groups is 1. The van der Waals surface area contributed by atoms with Crippen molar-refractivity contribution in [3.8, 4) is 0 Å². The van der Waals surface area contributed by atoms with Crippen LogP contribution in [0.25, 0.3) is 0 Å². The number of hydrogen-bond acceptors (Lipinski definition) is 3. The van der Waals surface area contributed by atoms with Crippen LogP contribution in [0, 0.1) is 0 Å². The molecule has 18 heavy (non-hydrogen) atoms. The highest BCUT2D eigenvalue weighted by Crippen LogP contribution is 2.15. The molecule has 0 amide bonds. The molecule has 0 rings (SSSR count). The first kappa shape index (κ1) is 20.3. The molecule has 0 aliphatic rings. The number of sulfone groups is 1. The van der Waals surface area contributed by atoms with Crippen LogP contribution >= 0.6 is 24.0 Å². The first-order valence-electron chi connectivity index (χ1n) is 5.89. The molecule has 5 nitrogen and oxygen atoms in total. The largest absolute Gasteiger partial charge is 0.370 e. The Hall–Kier alpha value is -0.0500. The lowest BCUT2D eigenvalue weighted by molar-refractivity contribution is 0.560. The van der Waals surface area contributed by atoms with E-state index < -0.39 is 14.6 Å². The van der Waals surface area contributed by atoms with Crippen LogP contribution in [-0.4, -0.2) is 37.5 Å². The molecular formula is C11H26IN3O2S. The minimum atomic E-state index is -3.12. The third-order valence-corrected chi connectivity index (χ3v) is 5.17. The number of aliphatic imine (C=N–C) groups is 1. The third kappa shape index (κ3) is 7.40. The first-order valence-corrected chi connectivity index (χ1v) is 7.54. The Labute approximate surface area is 128 Å². The average Bonchev–Trinajstić information content (AvgIpc) is 2.15. The van der Waals surface area contributed by atoms with Crippen molar-refractivity contribution < 1.29 is 8.42 Å². The summed E-state index contributed by atoms with van der Waals surface area (Å²) in [5.74, 6) is 0.336. The summed E-state index contributed by atoms with van der Waals surface area (Å²) in [6, 6.07) is 0.248. The SMILES string of the molecule is CCC(C)NC(N)=NCCS(=O)(=O)C(C)(C)C.I. The van der Waals surface area contributed by atoms with Gasteiger partial charge in [-0.15, -0.1) is 24.0 Å². The van der Waals surface area contributed by atoms with Gasteiger partial charge in [-0.3, -0.25) is 4.99 Å². The topological polar surface area (TPSA) is 84.5 Å². The molecule has 0 aromatic rings. The Morgan fingerprint density at radius 1 is 1.39 bits per heavy atom. The van der Waals surface area contributed by atoms with Crippen LogP contribution in [0.5, 0.6) is 0 Å². The summed E-state index contributed by atoms with van der Waals surface area (Å²) in [5.41, 5.74) is 5.63. The standard InChI is InChI=1S/C11H25N3O2S.HI/c1-6-9(2)14-10(12)13-7-8-17(15,16)11(3,4)5;/h9H,6-8H2,1-5H3,(H3,12,13,14);1H. The molecule has 110 valence electrons. The van der Waals surface area contributed by atoms with E-state index in [9.17, 15) is 8.42 Å². The van der Waals surface area contributed by atoms with Crippen LogP contribution in [0.15, 0.2) is 4.99 Å². The van der Waals surface area contributed by atoms with Gasteiger partial charge in [0.15, 0.2) is 15.8 Å². The van der Waals surface area contributed by atoms with E-state index in [4.69, 9.17) is 5.73 Å². The second kappa shape index (κ2) is 8.19. The molecule has 0 aromatic heterocycles. The lowest BCUT2D eigenvalue weighted by Crippen LogP contribution is -2.38. The highest BCUT2D eigenvalue weighted by atomic mass is 127. The maximum absolute atomic E-state index is 11.8. The Morgan fingerprint density at radius 2 is 1.89 bits per heavy atom. The predicted molar refractivity (Wildman–Crippen MR) is 88.3 cm³/mol. The van der Waals surface area contributed by atoms with Crippen molar-refractivity contribution in [2.24, 2.45) is 10.7 Å². The molecule has 1 atom stereocenters. The first-order chi connectivity index (χ1) is 7.60. The third-order valence-electron chi connectivity index (χ3n) is 2.58. The lowest BCUT2D eigenvalue weighted by Gasteiger charge is -2.18. The maximum atomic E-state index is 11.8. The van der Waals surface area contributed by atoms with Gasteiger partial charge in [-0.1, -0.05) is 6.92 Å². The van der Waals surface area contributed by atoms with E-state index in [2.05, 4.69) is 10.3 Å². The predicted octanol–water partition coefficient (Wildman–Crippen LogP) is 1.52.